The number of ketones is 1. The van der Waals surface area contributed by atoms with E-state index in [0.717, 1.165) is 4.88 Å². The first-order valence-corrected chi connectivity index (χ1v) is 11.2. The second-order valence-electron chi connectivity index (χ2n) is 7.87. The summed E-state index contributed by atoms with van der Waals surface area (Å²) in [6.45, 7) is 1.71. The molecule has 0 radical (unpaired) electrons. The zero-order valence-corrected chi connectivity index (χ0v) is 19.2. The number of hydrogen-bond acceptors (Lipinski definition) is 7. The van der Waals surface area contributed by atoms with Gasteiger partial charge in [-0.15, -0.1) is 11.3 Å². The van der Waals surface area contributed by atoms with Crippen LogP contribution in [0.2, 0.25) is 0 Å². The summed E-state index contributed by atoms with van der Waals surface area (Å²) in [6, 6.07) is 7.46. The van der Waals surface area contributed by atoms with Gasteiger partial charge >= 0.3 is 5.97 Å². The highest BCUT2D eigenvalue weighted by atomic mass is 32.1. The number of ether oxygens (including phenoxy) is 3. The van der Waals surface area contributed by atoms with Crippen LogP contribution in [0.25, 0.3) is 0 Å². The average Bonchev–Trinajstić information content (AvgIpc) is 3.31. The van der Waals surface area contributed by atoms with Gasteiger partial charge in [-0.2, -0.15) is 0 Å². The molecular formula is C24H25NO6S. The van der Waals surface area contributed by atoms with Crippen LogP contribution < -0.4 is 14.2 Å². The van der Waals surface area contributed by atoms with Crippen LogP contribution in [0, 0.1) is 5.92 Å². The Balaban J connectivity index is 1.91. The number of thiophene rings is 1. The molecule has 1 aliphatic carbocycles. The van der Waals surface area contributed by atoms with Crippen molar-refractivity contribution >= 4 is 28.8 Å². The third-order valence-electron chi connectivity index (χ3n) is 6.17. The van der Waals surface area contributed by atoms with E-state index in [1.165, 1.54) is 21.3 Å². The second-order valence-corrected chi connectivity index (χ2v) is 8.85. The maximum absolute atomic E-state index is 13.5. The van der Waals surface area contributed by atoms with Crippen LogP contribution in [0.4, 0.5) is 0 Å². The van der Waals surface area contributed by atoms with Crippen molar-refractivity contribution in [3.05, 3.63) is 51.4 Å². The van der Waals surface area contributed by atoms with E-state index in [1.54, 1.807) is 30.4 Å². The summed E-state index contributed by atoms with van der Waals surface area (Å²) >= 11 is 1.62. The summed E-state index contributed by atoms with van der Waals surface area (Å²) < 4.78 is 16.5. The van der Waals surface area contributed by atoms with Crippen LogP contribution in [0.3, 0.4) is 0 Å². The van der Waals surface area contributed by atoms with Gasteiger partial charge in [-0.05, 0) is 30.9 Å². The van der Waals surface area contributed by atoms with E-state index in [4.69, 9.17) is 14.2 Å². The molecule has 0 saturated heterocycles. The molecular weight excluding hydrogens is 430 g/mol. The van der Waals surface area contributed by atoms with Crippen molar-refractivity contribution in [2.45, 2.75) is 31.6 Å². The standard InChI is InChI=1S/C24H25NO6S/c1-12-19(24(27)28)20(14-7-8-17(29-2)23(31-4)22(14)30-3)21-15(25-12)10-13(11-16(21)26)18-6-5-9-32-18/h5-9,13,19-20H,10-11H2,1-4H3,(H,27,28). The largest absolute Gasteiger partial charge is 0.493 e. The summed E-state index contributed by atoms with van der Waals surface area (Å²) in [5.74, 6) is -1.59. The first-order valence-electron chi connectivity index (χ1n) is 10.3. The predicted molar refractivity (Wildman–Crippen MR) is 121 cm³/mol. The highest BCUT2D eigenvalue weighted by Gasteiger charge is 2.45. The van der Waals surface area contributed by atoms with Gasteiger partial charge in [-0.1, -0.05) is 12.1 Å². The number of allylic oxidation sites excluding steroid dienone is 2. The Bertz CT molecular complexity index is 1120. The highest BCUT2D eigenvalue weighted by molar-refractivity contribution is 7.10. The number of carbonyl (C=O) groups is 2. The van der Waals surface area contributed by atoms with Crippen LogP contribution in [0.5, 0.6) is 17.2 Å². The lowest BCUT2D eigenvalue weighted by Gasteiger charge is -2.36. The van der Waals surface area contributed by atoms with Crippen molar-refractivity contribution in [3.63, 3.8) is 0 Å². The first-order chi connectivity index (χ1) is 15.4. The summed E-state index contributed by atoms with van der Waals surface area (Å²) in [6.07, 6.45) is 0.920. The highest BCUT2D eigenvalue weighted by Crippen LogP contribution is 2.51. The van der Waals surface area contributed by atoms with Gasteiger partial charge in [0.25, 0.3) is 0 Å². The zero-order valence-electron chi connectivity index (χ0n) is 18.4. The summed E-state index contributed by atoms with van der Waals surface area (Å²) in [5.41, 5.74) is 2.16. The molecule has 32 heavy (non-hydrogen) atoms. The van der Waals surface area contributed by atoms with E-state index >= 15 is 0 Å². The number of carbonyl (C=O) groups excluding carboxylic acids is 1. The predicted octanol–water partition coefficient (Wildman–Crippen LogP) is 4.43. The number of carboxylic acid groups (broad SMARTS) is 1. The van der Waals surface area contributed by atoms with E-state index in [0.29, 0.717) is 52.6 Å². The molecule has 2 heterocycles. The Morgan fingerprint density at radius 3 is 2.44 bits per heavy atom. The Kier molecular flexibility index (Phi) is 6.06. The number of rotatable bonds is 6. The molecule has 0 spiro atoms. The second kappa shape index (κ2) is 8.78. The molecule has 1 aliphatic heterocycles. The van der Waals surface area contributed by atoms with Gasteiger partial charge in [0, 0.05) is 45.7 Å². The average molecular weight is 456 g/mol. The van der Waals surface area contributed by atoms with Crippen molar-refractivity contribution in [1.29, 1.82) is 0 Å². The van der Waals surface area contributed by atoms with Gasteiger partial charge in [0.1, 0.15) is 5.92 Å². The van der Waals surface area contributed by atoms with Gasteiger partial charge in [0.2, 0.25) is 5.75 Å². The molecule has 8 heteroatoms. The van der Waals surface area contributed by atoms with E-state index in [1.807, 2.05) is 17.5 Å². The van der Waals surface area contributed by atoms with Crippen LogP contribution in [-0.4, -0.2) is 43.9 Å². The number of Topliss-reactive ketones (excluding diaryl/α,β-unsaturated/α-hetero) is 1. The normalized spacial score (nSPS) is 22.8. The minimum atomic E-state index is -1.03. The SMILES string of the molecule is COc1ccc(C2C3=C(CC(c4cccs4)CC3=O)N=C(C)C2C(=O)O)c(OC)c1OC. The number of methoxy groups -OCH3 is 3. The van der Waals surface area contributed by atoms with Crippen LogP contribution >= 0.6 is 11.3 Å². The third-order valence-corrected chi connectivity index (χ3v) is 7.20. The van der Waals surface area contributed by atoms with Crippen molar-refractivity contribution < 1.29 is 28.9 Å². The number of nitrogens with zero attached hydrogens (tertiary/aromatic N) is 1. The molecule has 2 aromatic rings. The van der Waals surface area contributed by atoms with Gasteiger partial charge < -0.3 is 19.3 Å². The first kappa shape index (κ1) is 22.1. The number of benzene rings is 1. The molecule has 3 unspecified atom stereocenters. The Labute approximate surface area is 190 Å². The molecule has 1 aromatic carbocycles. The van der Waals surface area contributed by atoms with E-state index < -0.39 is 17.8 Å². The monoisotopic (exact) mass is 455 g/mol. The molecule has 1 N–H and O–H groups in total. The maximum atomic E-state index is 13.5. The van der Waals surface area contributed by atoms with Crippen LogP contribution in [0.15, 0.2) is 45.9 Å². The van der Waals surface area contributed by atoms with Crippen LogP contribution in [-0.2, 0) is 9.59 Å². The van der Waals surface area contributed by atoms with Gasteiger partial charge in [0.05, 0.1) is 21.3 Å². The quantitative estimate of drug-likeness (QED) is 0.692. The summed E-state index contributed by atoms with van der Waals surface area (Å²) in [5, 5.41) is 12.1. The fraction of sp³-hybridized carbons (Fsp3) is 0.375. The smallest absolute Gasteiger partial charge is 0.313 e. The molecule has 0 bridgehead atoms. The van der Waals surface area contributed by atoms with Gasteiger partial charge in [0.15, 0.2) is 17.3 Å². The minimum Gasteiger partial charge on any atom is -0.493 e. The fourth-order valence-corrected chi connectivity index (χ4v) is 5.64. The van der Waals surface area contributed by atoms with Crippen LogP contribution in [0.1, 0.15) is 42.0 Å². The molecule has 1 aromatic heterocycles. The number of carboxylic acids is 1. The maximum Gasteiger partial charge on any atom is 0.313 e. The topological polar surface area (TPSA) is 94.4 Å². The molecule has 0 amide bonds. The Morgan fingerprint density at radius 2 is 1.84 bits per heavy atom. The Hall–Kier alpha value is -3.13. The van der Waals surface area contributed by atoms with Gasteiger partial charge in [-0.25, -0.2) is 0 Å². The van der Waals surface area contributed by atoms with E-state index in [-0.39, 0.29) is 11.7 Å². The lowest BCUT2D eigenvalue weighted by Crippen LogP contribution is -2.37. The molecule has 168 valence electrons. The third kappa shape index (κ3) is 3.58. The number of hydrogen-bond donors (Lipinski definition) is 1. The lowest BCUT2D eigenvalue weighted by molar-refractivity contribution is -0.139. The fourth-order valence-electron chi connectivity index (χ4n) is 4.81. The molecule has 4 rings (SSSR count). The Morgan fingerprint density at radius 1 is 1.09 bits per heavy atom. The summed E-state index contributed by atoms with van der Waals surface area (Å²) in [4.78, 5) is 31.6. The van der Waals surface area contributed by atoms with Crippen molar-refractivity contribution in [2.24, 2.45) is 10.9 Å². The lowest BCUT2D eigenvalue weighted by atomic mass is 9.69. The molecule has 2 aliphatic rings. The van der Waals surface area contributed by atoms with Crippen molar-refractivity contribution in [2.75, 3.05) is 21.3 Å². The molecule has 0 fully saturated rings. The molecule has 7 nitrogen and oxygen atoms in total. The van der Waals surface area contributed by atoms with E-state index in [9.17, 15) is 14.7 Å². The van der Waals surface area contributed by atoms with Gasteiger partial charge in [-0.3, -0.25) is 14.6 Å². The zero-order chi connectivity index (χ0) is 23.0. The minimum absolute atomic E-state index is 0.0483. The van der Waals surface area contributed by atoms with Crippen molar-refractivity contribution in [1.82, 2.24) is 0 Å². The molecule has 3 atom stereocenters. The number of aliphatic carboxylic acids is 1. The summed E-state index contributed by atoms with van der Waals surface area (Å²) in [7, 11) is 4.50. The van der Waals surface area contributed by atoms with Crippen molar-refractivity contribution in [3.8, 4) is 17.2 Å². The van der Waals surface area contributed by atoms with E-state index in [2.05, 4.69) is 4.99 Å². The molecule has 0 saturated carbocycles. The number of aliphatic imine (C=N–C) groups is 1.